The molecule has 0 saturated carbocycles. The Morgan fingerprint density at radius 2 is 1.65 bits per heavy atom. The van der Waals surface area contributed by atoms with Gasteiger partial charge in [-0.2, -0.15) is 0 Å². The average Bonchev–Trinajstić information content (AvgIpc) is 3.09. The van der Waals surface area contributed by atoms with Crippen molar-refractivity contribution < 1.29 is 4.79 Å². The number of benzene rings is 2. The van der Waals surface area contributed by atoms with Crippen LogP contribution < -0.4 is 5.73 Å². The van der Waals surface area contributed by atoms with E-state index in [-0.39, 0.29) is 5.78 Å². The van der Waals surface area contributed by atoms with Crippen LogP contribution in [0.15, 0.2) is 78.1 Å². The molecule has 0 radical (unpaired) electrons. The molecule has 0 aliphatic rings. The zero-order valence-corrected chi connectivity index (χ0v) is 14.7. The molecular weight excluding hydrogens is 344 g/mol. The third kappa shape index (κ3) is 3.32. The molecule has 0 saturated heterocycles. The fraction of sp³-hybridized carbons (Fsp3) is 0.0500. The second-order valence-electron chi connectivity index (χ2n) is 5.83. The molecule has 0 amide bonds. The summed E-state index contributed by atoms with van der Waals surface area (Å²) in [6.45, 7) is 0. The Hall–Kier alpha value is -3.12. The highest BCUT2D eigenvalue weighted by molar-refractivity contribution is 7.99. The van der Waals surface area contributed by atoms with Crippen LogP contribution in [0.3, 0.4) is 0 Å². The first-order chi connectivity index (χ1) is 12.7. The van der Waals surface area contributed by atoms with Crippen LogP contribution in [-0.4, -0.2) is 26.1 Å². The van der Waals surface area contributed by atoms with Gasteiger partial charge < -0.3 is 5.73 Å². The number of anilines is 1. The van der Waals surface area contributed by atoms with Crippen LogP contribution in [0, 0.1) is 0 Å². The van der Waals surface area contributed by atoms with Gasteiger partial charge in [-0.05, 0) is 23.3 Å². The van der Waals surface area contributed by atoms with Crippen LogP contribution in [0.25, 0.3) is 16.8 Å². The second kappa shape index (κ2) is 7.01. The van der Waals surface area contributed by atoms with E-state index in [1.807, 2.05) is 42.5 Å². The Morgan fingerprint density at radius 1 is 0.923 bits per heavy atom. The summed E-state index contributed by atoms with van der Waals surface area (Å²) >= 11 is 1.35. The number of carbonyl (C=O) groups excluding carboxylic acids is 1. The lowest BCUT2D eigenvalue weighted by molar-refractivity contribution is 0.102. The highest BCUT2D eigenvalue weighted by Gasteiger charge is 2.11. The van der Waals surface area contributed by atoms with Gasteiger partial charge in [-0.25, -0.2) is 0 Å². The topological polar surface area (TPSA) is 73.3 Å². The molecule has 0 spiro atoms. The van der Waals surface area contributed by atoms with Gasteiger partial charge in [0.05, 0.1) is 5.75 Å². The molecule has 2 heterocycles. The number of carbonyl (C=O) groups is 1. The maximum atomic E-state index is 12.5. The summed E-state index contributed by atoms with van der Waals surface area (Å²) in [5.41, 5.74) is 10.1. The smallest absolute Gasteiger partial charge is 0.196 e. The van der Waals surface area contributed by atoms with E-state index in [4.69, 9.17) is 5.73 Å². The van der Waals surface area contributed by atoms with E-state index in [9.17, 15) is 4.79 Å². The molecule has 0 aliphatic carbocycles. The van der Waals surface area contributed by atoms with Gasteiger partial charge in [-0.1, -0.05) is 66.4 Å². The van der Waals surface area contributed by atoms with Gasteiger partial charge in [0.15, 0.2) is 16.6 Å². The molecule has 0 unspecified atom stereocenters. The summed E-state index contributed by atoms with van der Waals surface area (Å²) in [6.07, 6.45) is 1.76. The van der Waals surface area contributed by atoms with Crippen LogP contribution >= 0.6 is 11.8 Å². The molecule has 6 heteroatoms. The fourth-order valence-electron chi connectivity index (χ4n) is 2.68. The summed E-state index contributed by atoms with van der Waals surface area (Å²) in [5, 5.41) is 8.86. The minimum Gasteiger partial charge on any atom is -0.398 e. The number of hydrogen-bond acceptors (Lipinski definition) is 5. The van der Waals surface area contributed by atoms with Crippen molar-refractivity contribution in [2.45, 2.75) is 5.16 Å². The summed E-state index contributed by atoms with van der Waals surface area (Å²) in [7, 11) is 0. The predicted octanol–water partition coefficient (Wildman–Crippen LogP) is 3.95. The first-order valence-electron chi connectivity index (χ1n) is 8.12. The van der Waals surface area contributed by atoms with Crippen LogP contribution in [0.1, 0.15) is 10.4 Å². The van der Waals surface area contributed by atoms with Crippen LogP contribution in [-0.2, 0) is 0 Å². The number of fused-ring (bicyclic) bond motifs is 1. The van der Waals surface area contributed by atoms with Crippen LogP contribution in [0.4, 0.5) is 5.69 Å². The SMILES string of the molecule is Nc1ccc2nnc(SCC(=O)c3ccc(-c4ccccc4)cc3)n2c1. The lowest BCUT2D eigenvalue weighted by Gasteiger charge is -2.04. The Kier molecular flexibility index (Phi) is 4.41. The largest absolute Gasteiger partial charge is 0.398 e. The Bertz CT molecular complexity index is 1060. The van der Waals surface area contributed by atoms with Gasteiger partial charge in [0.1, 0.15) is 0 Å². The summed E-state index contributed by atoms with van der Waals surface area (Å²) in [5.74, 6) is 0.343. The summed E-state index contributed by atoms with van der Waals surface area (Å²) in [4.78, 5) is 12.5. The number of Topliss-reactive ketones (excluding diaryl/α,β-unsaturated/α-hetero) is 1. The molecule has 0 atom stereocenters. The zero-order valence-electron chi connectivity index (χ0n) is 13.9. The van der Waals surface area contributed by atoms with Gasteiger partial charge >= 0.3 is 0 Å². The van der Waals surface area contributed by atoms with Crippen molar-refractivity contribution in [2.75, 3.05) is 11.5 Å². The second-order valence-corrected chi connectivity index (χ2v) is 6.77. The van der Waals surface area contributed by atoms with Gasteiger partial charge in [-0.3, -0.25) is 9.20 Å². The minimum atomic E-state index is 0.0512. The van der Waals surface area contributed by atoms with Crippen molar-refractivity contribution in [3.05, 3.63) is 78.5 Å². The Morgan fingerprint density at radius 3 is 2.42 bits per heavy atom. The van der Waals surface area contributed by atoms with E-state index in [0.29, 0.717) is 27.8 Å². The van der Waals surface area contributed by atoms with Crippen molar-refractivity contribution in [2.24, 2.45) is 0 Å². The molecule has 2 aromatic carbocycles. The van der Waals surface area contributed by atoms with Gasteiger partial charge in [0.2, 0.25) is 0 Å². The monoisotopic (exact) mass is 360 g/mol. The number of aromatic nitrogens is 3. The molecule has 2 aromatic heterocycles. The molecule has 0 fully saturated rings. The van der Waals surface area contributed by atoms with Crippen molar-refractivity contribution in [3.63, 3.8) is 0 Å². The third-order valence-electron chi connectivity index (χ3n) is 4.04. The minimum absolute atomic E-state index is 0.0512. The average molecular weight is 360 g/mol. The summed E-state index contributed by atoms with van der Waals surface area (Å²) < 4.78 is 1.80. The van der Waals surface area contributed by atoms with E-state index >= 15 is 0 Å². The molecule has 4 rings (SSSR count). The Balaban J connectivity index is 1.47. The first-order valence-corrected chi connectivity index (χ1v) is 9.11. The normalized spacial score (nSPS) is 10.9. The fourth-order valence-corrected chi connectivity index (χ4v) is 3.49. The molecule has 26 heavy (non-hydrogen) atoms. The third-order valence-corrected chi connectivity index (χ3v) is 4.98. The molecule has 2 N–H and O–H groups in total. The highest BCUT2D eigenvalue weighted by Crippen LogP contribution is 2.22. The highest BCUT2D eigenvalue weighted by atomic mass is 32.2. The lowest BCUT2D eigenvalue weighted by Crippen LogP contribution is -2.03. The first kappa shape index (κ1) is 16.4. The molecule has 128 valence electrons. The van der Waals surface area contributed by atoms with Crippen molar-refractivity contribution >= 4 is 28.9 Å². The van der Waals surface area contributed by atoms with Crippen LogP contribution in [0.2, 0.25) is 0 Å². The molecule has 4 aromatic rings. The van der Waals surface area contributed by atoms with E-state index < -0.39 is 0 Å². The number of nitrogens with zero attached hydrogens (tertiary/aromatic N) is 3. The lowest BCUT2D eigenvalue weighted by atomic mass is 10.0. The van der Waals surface area contributed by atoms with Crippen molar-refractivity contribution in [3.8, 4) is 11.1 Å². The number of rotatable bonds is 5. The molecule has 0 aliphatic heterocycles. The van der Waals surface area contributed by atoms with E-state index in [0.717, 1.165) is 11.1 Å². The number of nitrogens with two attached hydrogens (primary N) is 1. The van der Waals surface area contributed by atoms with Crippen molar-refractivity contribution in [1.82, 2.24) is 14.6 Å². The van der Waals surface area contributed by atoms with Crippen LogP contribution in [0.5, 0.6) is 0 Å². The number of ketones is 1. The van der Waals surface area contributed by atoms with Gasteiger partial charge in [-0.15, -0.1) is 10.2 Å². The number of nitrogen functional groups attached to an aromatic ring is 1. The summed E-state index contributed by atoms with van der Waals surface area (Å²) in [6, 6.07) is 21.3. The maximum absolute atomic E-state index is 12.5. The number of thioether (sulfide) groups is 1. The number of hydrogen-bond donors (Lipinski definition) is 1. The quantitative estimate of drug-likeness (QED) is 0.431. The number of pyridine rings is 1. The molecule has 5 nitrogen and oxygen atoms in total. The van der Waals surface area contributed by atoms with E-state index in [1.165, 1.54) is 11.8 Å². The zero-order chi connectivity index (χ0) is 17.9. The van der Waals surface area contributed by atoms with Crippen molar-refractivity contribution in [1.29, 1.82) is 0 Å². The van der Waals surface area contributed by atoms with E-state index in [2.05, 4.69) is 22.3 Å². The maximum Gasteiger partial charge on any atom is 0.196 e. The standard InChI is InChI=1S/C20H16N4OS/c21-17-10-11-19-22-23-20(24(19)12-17)26-13-18(25)16-8-6-15(7-9-16)14-4-2-1-3-5-14/h1-12H,13,21H2. The predicted molar refractivity (Wildman–Crippen MR) is 104 cm³/mol. The molecule has 0 bridgehead atoms. The Labute approximate surface area is 154 Å². The van der Waals surface area contributed by atoms with Gasteiger partial charge in [0, 0.05) is 17.4 Å². The van der Waals surface area contributed by atoms with Gasteiger partial charge in [0.25, 0.3) is 0 Å². The van der Waals surface area contributed by atoms with E-state index in [1.54, 1.807) is 22.7 Å². The molecular formula is C20H16N4OS.